The van der Waals surface area contributed by atoms with Crippen molar-refractivity contribution in [3.8, 4) is 5.75 Å². The predicted molar refractivity (Wildman–Crippen MR) is 83.1 cm³/mol. The fraction of sp³-hybridized carbons (Fsp3) is 0.188. The molecule has 0 saturated carbocycles. The summed E-state index contributed by atoms with van der Waals surface area (Å²) >= 11 is 0. The van der Waals surface area contributed by atoms with Crippen molar-refractivity contribution in [2.75, 3.05) is 11.9 Å². The minimum Gasteiger partial charge on any atom is -0.477 e. The van der Waals surface area contributed by atoms with Crippen LogP contribution in [0.4, 0.5) is 15.8 Å². The number of amides is 1. The molecule has 6 nitrogen and oxygen atoms in total. The molecular formula is C16H15FN2O4. The number of halogens is 1. The first kappa shape index (κ1) is 16.4. The van der Waals surface area contributed by atoms with Crippen LogP contribution in [0.25, 0.3) is 0 Å². The topological polar surface area (TPSA) is 81.5 Å². The lowest BCUT2D eigenvalue weighted by atomic mass is 10.1. The number of anilines is 1. The van der Waals surface area contributed by atoms with Crippen LogP contribution >= 0.6 is 0 Å². The largest absolute Gasteiger partial charge is 0.477 e. The molecule has 1 N–H and O–H groups in total. The van der Waals surface area contributed by atoms with Gasteiger partial charge in [-0.3, -0.25) is 14.9 Å². The monoisotopic (exact) mass is 318 g/mol. The molecule has 0 atom stereocenters. The molecule has 0 unspecified atom stereocenters. The third kappa shape index (κ3) is 4.26. The van der Waals surface area contributed by atoms with Crippen LogP contribution in [0.2, 0.25) is 0 Å². The van der Waals surface area contributed by atoms with E-state index in [0.717, 1.165) is 11.6 Å². The fourth-order valence-corrected chi connectivity index (χ4v) is 2.16. The van der Waals surface area contributed by atoms with Crippen LogP contribution in [-0.4, -0.2) is 17.4 Å². The van der Waals surface area contributed by atoms with E-state index in [1.165, 1.54) is 24.3 Å². The van der Waals surface area contributed by atoms with Crippen molar-refractivity contribution in [3.05, 3.63) is 63.5 Å². The molecule has 2 aromatic rings. The number of nitro groups is 1. The number of hydrogen-bond donors (Lipinski definition) is 1. The molecule has 0 heterocycles. The SMILES string of the molecule is Cc1cc(C)c(OCC(=O)Nc2cccc(F)c2)c([N+](=O)[O-])c1. The highest BCUT2D eigenvalue weighted by Gasteiger charge is 2.19. The second-order valence-corrected chi connectivity index (χ2v) is 5.03. The molecule has 0 spiro atoms. The lowest BCUT2D eigenvalue weighted by Crippen LogP contribution is -2.20. The van der Waals surface area contributed by atoms with E-state index in [1.807, 2.05) is 0 Å². The van der Waals surface area contributed by atoms with Gasteiger partial charge in [-0.2, -0.15) is 0 Å². The van der Waals surface area contributed by atoms with Gasteiger partial charge in [0.2, 0.25) is 5.75 Å². The third-order valence-electron chi connectivity index (χ3n) is 3.05. The minimum atomic E-state index is -0.556. The van der Waals surface area contributed by atoms with Crippen LogP contribution in [0.15, 0.2) is 36.4 Å². The van der Waals surface area contributed by atoms with Gasteiger partial charge in [0.05, 0.1) is 4.92 Å². The molecule has 120 valence electrons. The van der Waals surface area contributed by atoms with Gasteiger partial charge in [0, 0.05) is 11.8 Å². The number of carbonyl (C=O) groups is 1. The van der Waals surface area contributed by atoms with Crippen molar-refractivity contribution in [2.24, 2.45) is 0 Å². The average molecular weight is 318 g/mol. The summed E-state index contributed by atoms with van der Waals surface area (Å²) < 4.78 is 18.3. The Hall–Kier alpha value is -2.96. The van der Waals surface area contributed by atoms with Crippen molar-refractivity contribution in [2.45, 2.75) is 13.8 Å². The number of carbonyl (C=O) groups excluding carboxylic acids is 1. The number of rotatable bonds is 5. The molecule has 2 aromatic carbocycles. The summed E-state index contributed by atoms with van der Waals surface area (Å²) in [7, 11) is 0. The number of aryl methyl sites for hydroxylation is 2. The zero-order valence-corrected chi connectivity index (χ0v) is 12.6. The number of nitrogens with zero attached hydrogens (tertiary/aromatic N) is 1. The van der Waals surface area contributed by atoms with Gasteiger partial charge in [-0.1, -0.05) is 12.1 Å². The molecule has 2 rings (SSSR count). The summed E-state index contributed by atoms with van der Waals surface area (Å²) in [6.45, 7) is 2.99. The molecule has 0 bridgehead atoms. The van der Waals surface area contributed by atoms with Gasteiger partial charge >= 0.3 is 5.69 Å². The van der Waals surface area contributed by atoms with Crippen LogP contribution in [0.5, 0.6) is 5.75 Å². The van der Waals surface area contributed by atoms with Gasteiger partial charge in [-0.15, -0.1) is 0 Å². The van der Waals surface area contributed by atoms with Gasteiger partial charge in [0.15, 0.2) is 6.61 Å². The maximum atomic E-state index is 13.0. The molecule has 0 radical (unpaired) electrons. The van der Waals surface area contributed by atoms with Gasteiger partial charge in [0.25, 0.3) is 5.91 Å². The van der Waals surface area contributed by atoms with Gasteiger partial charge in [-0.05, 0) is 43.2 Å². The molecule has 0 aliphatic heterocycles. The van der Waals surface area contributed by atoms with Crippen LogP contribution in [0.3, 0.4) is 0 Å². The second kappa shape index (κ2) is 6.87. The Balaban J connectivity index is 2.09. The van der Waals surface area contributed by atoms with E-state index in [9.17, 15) is 19.3 Å². The average Bonchev–Trinajstić information content (AvgIpc) is 2.45. The number of nitro benzene ring substituents is 1. The highest BCUT2D eigenvalue weighted by atomic mass is 19.1. The Morgan fingerprint density at radius 3 is 2.70 bits per heavy atom. The molecular weight excluding hydrogens is 303 g/mol. The van der Waals surface area contributed by atoms with Crippen molar-refractivity contribution in [1.29, 1.82) is 0 Å². The lowest BCUT2D eigenvalue weighted by molar-refractivity contribution is -0.385. The molecule has 0 saturated heterocycles. The van der Waals surface area contributed by atoms with E-state index < -0.39 is 23.3 Å². The normalized spacial score (nSPS) is 10.2. The summed E-state index contributed by atoms with van der Waals surface area (Å²) in [4.78, 5) is 22.4. The second-order valence-electron chi connectivity index (χ2n) is 5.03. The predicted octanol–water partition coefficient (Wildman–Crippen LogP) is 3.37. The molecule has 0 aliphatic rings. The third-order valence-corrected chi connectivity index (χ3v) is 3.05. The van der Waals surface area contributed by atoms with E-state index in [-0.39, 0.29) is 17.1 Å². The van der Waals surface area contributed by atoms with Gasteiger partial charge in [-0.25, -0.2) is 4.39 Å². The summed E-state index contributed by atoms with van der Waals surface area (Å²) in [5.74, 6) is -0.964. The highest BCUT2D eigenvalue weighted by molar-refractivity contribution is 5.91. The molecule has 0 aliphatic carbocycles. The molecule has 23 heavy (non-hydrogen) atoms. The standard InChI is InChI=1S/C16H15FN2O4/c1-10-6-11(2)16(14(7-10)19(21)22)23-9-15(20)18-13-5-3-4-12(17)8-13/h3-8H,9H2,1-2H3,(H,18,20). The first-order valence-corrected chi connectivity index (χ1v) is 6.80. The maximum Gasteiger partial charge on any atom is 0.311 e. The summed E-state index contributed by atoms with van der Waals surface area (Å²) in [6, 6.07) is 8.52. The summed E-state index contributed by atoms with van der Waals surface area (Å²) in [5.41, 5.74) is 1.39. The fourth-order valence-electron chi connectivity index (χ4n) is 2.16. The van der Waals surface area contributed by atoms with Crippen LogP contribution < -0.4 is 10.1 Å². The smallest absolute Gasteiger partial charge is 0.311 e. The Labute approximate surface area is 132 Å². The molecule has 1 amide bonds. The van der Waals surface area contributed by atoms with Crippen LogP contribution in [-0.2, 0) is 4.79 Å². The molecule has 0 fully saturated rings. The number of benzene rings is 2. The quantitative estimate of drug-likeness (QED) is 0.677. The van der Waals surface area contributed by atoms with E-state index in [0.29, 0.717) is 5.56 Å². The number of nitrogens with one attached hydrogen (secondary N) is 1. The van der Waals surface area contributed by atoms with E-state index in [4.69, 9.17) is 4.74 Å². The van der Waals surface area contributed by atoms with Crippen LogP contribution in [0.1, 0.15) is 11.1 Å². The van der Waals surface area contributed by atoms with Crippen LogP contribution in [0, 0.1) is 29.8 Å². The Kier molecular flexibility index (Phi) is 4.90. The first-order valence-electron chi connectivity index (χ1n) is 6.80. The summed E-state index contributed by atoms with van der Waals surface area (Å²) in [6.07, 6.45) is 0. The Bertz CT molecular complexity index is 762. The molecule has 0 aromatic heterocycles. The molecule has 7 heteroatoms. The first-order chi connectivity index (χ1) is 10.9. The van der Waals surface area contributed by atoms with Crippen molar-refractivity contribution < 1.29 is 18.8 Å². The number of hydrogen-bond acceptors (Lipinski definition) is 4. The van der Waals surface area contributed by atoms with Gasteiger partial charge in [0.1, 0.15) is 5.82 Å². The summed E-state index contributed by atoms with van der Waals surface area (Å²) in [5, 5.41) is 13.5. The van der Waals surface area contributed by atoms with E-state index in [1.54, 1.807) is 19.9 Å². The van der Waals surface area contributed by atoms with E-state index in [2.05, 4.69) is 5.32 Å². The van der Waals surface area contributed by atoms with Gasteiger partial charge < -0.3 is 10.1 Å². The maximum absolute atomic E-state index is 13.0. The van der Waals surface area contributed by atoms with Crippen molar-refractivity contribution in [1.82, 2.24) is 0 Å². The zero-order valence-electron chi connectivity index (χ0n) is 12.6. The Morgan fingerprint density at radius 1 is 1.30 bits per heavy atom. The minimum absolute atomic E-state index is 0.0509. The van der Waals surface area contributed by atoms with Crippen molar-refractivity contribution in [3.63, 3.8) is 0 Å². The zero-order chi connectivity index (χ0) is 17.0. The van der Waals surface area contributed by atoms with E-state index >= 15 is 0 Å². The number of ether oxygens (including phenoxy) is 1. The Morgan fingerprint density at radius 2 is 2.04 bits per heavy atom. The lowest BCUT2D eigenvalue weighted by Gasteiger charge is -2.11. The highest BCUT2D eigenvalue weighted by Crippen LogP contribution is 2.31. The van der Waals surface area contributed by atoms with Crippen molar-refractivity contribution >= 4 is 17.3 Å².